The first-order valence-electron chi connectivity index (χ1n) is 8.19. The van der Waals surface area contributed by atoms with Crippen molar-refractivity contribution < 1.29 is 13.2 Å². The fourth-order valence-electron chi connectivity index (χ4n) is 3.26. The molecule has 1 amide bonds. The predicted molar refractivity (Wildman–Crippen MR) is 94.2 cm³/mol. The van der Waals surface area contributed by atoms with Crippen LogP contribution in [0, 0.1) is 6.92 Å². The Balaban J connectivity index is 1.51. The monoisotopic (exact) mass is 361 g/mol. The molecular formula is C18H19NO3S2. The zero-order valence-electron chi connectivity index (χ0n) is 13.4. The second-order valence-corrected chi connectivity index (χ2v) is 10.2. The largest absolute Gasteiger partial charge is 0.345 e. The van der Waals surface area contributed by atoms with E-state index in [2.05, 4.69) is 30.4 Å². The summed E-state index contributed by atoms with van der Waals surface area (Å²) < 4.78 is 24.8. The van der Waals surface area contributed by atoms with Gasteiger partial charge < -0.3 is 5.32 Å². The molecule has 0 radical (unpaired) electrons. The summed E-state index contributed by atoms with van der Waals surface area (Å²) in [7, 11) is -3.22. The number of fused-ring (bicyclic) bond motifs is 1. The van der Waals surface area contributed by atoms with Crippen molar-refractivity contribution in [2.75, 3.05) is 0 Å². The summed E-state index contributed by atoms with van der Waals surface area (Å²) in [6.07, 6.45) is 3.33. The average molecular weight is 361 g/mol. The predicted octanol–water partition coefficient (Wildman–Crippen LogP) is 3.41. The number of hydrogen-bond acceptors (Lipinski definition) is 4. The second-order valence-electron chi connectivity index (χ2n) is 6.63. The summed E-state index contributed by atoms with van der Waals surface area (Å²) in [6.45, 7) is 2.07. The van der Waals surface area contributed by atoms with Gasteiger partial charge in [0.25, 0.3) is 5.91 Å². The zero-order valence-corrected chi connectivity index (χ0v) is 15.0. The van der Waals surface area contributed by atoms with Crippen LogP contribution in [0.15, 0.2) is 34.5 Å². The van der Waals surface area contributed by atoms with Crippen LogP contribution in [0.3, 0.4) is 0 Å². The normalized spacial score (nSPS) is 20.0. The molecule has 0 saturated heterocycles. The van der Waals surface area contributed by atoms with Crippen LogP contribution in [0.1, 0.15) is 51.7 Å². The Morgan fingerprint density at radius 2 is 1.96 bits per heavy atom. The SMILES string of the molecule is Cc1ccc2c(c1)CC[C@H]2NC(=O)c1ccc(S(=O)(=O)C2CC2)s1. The Morgan fingerprint density at radius 3 is 2.71 bits per heavy atom. The van der Waals surface area contributed by atoms with Crippen molar-refractivity contribution in [3.63, 3.8) is 0 Å². The van der Waals surface area contributed by atoms with Gasteiger partial charge in [-0.05, 0) is 55.9 Å². The maximum atomic E-state index is 12.5. The van der Waals surface area contributed by atoms with Crippen molar-refractivity contribution in [1.29, 1.82) is 0 Å². The van der Waals surface area contributed by atoms with E-state index in [0.29, 0.717) is 9.09 Å². The number of thiophene rings is 1. The number of sulfone groups is 1. The van der Waals surface area contributed by atoms with Crippen LogP contribution in [-0.2, 0) is 16.3 Å². The highest BCUT2D eigenvalue weighted by atomic mass is 32.2. The lowest BCUT2D eigenvalue weighted by Crippen LogP contribution is -2.26. The molecule has 126 valence electrons. The van der Waals surface area contributed by atoms with Crippen LogP contribution >= 0.6 is 11.3 Å². The first-order chi connectivity index (χ1) is 11.4. The van der Waals surface area contributed by atoms with Crippen LogP contribution in [0.4, 0.5) is 0 Å². The van der Waals surface area contributed by atoms with Crippen LogP contribution in [0.2, 0.25) is 0 Å². The Hall–Kier alpha value is -1.66. The number of rotatable bonds is 4. The Bertz CT molecular complexity index is 910. The molecule has 1 N–H and O–H groups in total. The molecule has 0 bridgehead atoms. The molecular weight excluding hydrogens is 342 g/mol. The average Bonchev–Trinajstić information content (AvgIpc) is 3.16. The molecule has 2 aromatic rings. The second kappa shape index (κ2) is 5.70. The van der Waals surface area contributed by atoms with E-state index in [-0.39, 0.29) is 17.2 Å². The summed E-state index contributed by atoms with van der Waals surface area (Å²) in [5.41, 5.74) is 3.70. The summed E-state index contributed by atoms with van der Waals surface area (Å²) in [4.78, 5) is 13.0. The standard InChI is InChI=1S/C18H19NO3S2/c1-11-2-6-14-12(10-11)3-7-15(14)19-18(20)16-8-9-17(23-16)24(21,22)13-4-5-13/h2,6,8-10,13,15H,3-5,7H2,1H3,(H,19,20)/t15-/m1/s1. The van der Waals surface area contributed by atoms with E-state index >= 15 is 0 Å². The molecule has 1 fully saturated rings. The number of nitrogens with one attached hydrogen (secondary N) is 1. The van der Waals surface area contributed by atoms with Gasteiger partial charge in [-0.1, -0.05) is 23.8 Å². The van der Waals surface area contributed by atoms with Crippen molar-refractivity contribution in [3.8, 4) is 0 Å². The molecule has 6 heteroatoms. The van der Waals surface area contributed by atoms with Gasteiger partial charge in [0.1, 0.15) is 4.21 Å². The van der Waals surface area contributed by atoms with E-state index < -0.39 is 9.84 Å². The summed E-state index contributed by atoms with van der Waals surface area (Å²) in [5, 5.41) is 2.82. The Labute approximate surface area is 145 Å². The lowest BCUT2D eigenvalue weighted by Gasteiger charge is -2.13. The van der Waals surface area contributed by atoms with Gasteiger partial charge in [0.05, 0.1) is 16.2 Å². The lowest BCUT2D eigenvalue weighted by atomic mass is 10.1. The molecule has 4 nitrogen and oxygen atoms in total. The molecule has 0 unspecified atom stereocenters. The highest BCUT2D eigenvalue weighted by molar-refractivity contribution is 7.94. The highest BCUT2D eigenvalue weighted by Crippen LogP contribution is 2.37. The van der Waals surface area contributed by atoms with Gasteiger partial charge in [-0.3, -0.25) is 4.79 Å². The number of aryl methyl sites for hydroxylation is 2. The van der Waals surface area contributed by atoms with Crippen molar-refractivity contribution in [1.82, 2.24) is 5.32 Å². The van der Waals surface area contributed by atoms with E-state index in [9.17, 15) is 13.2 Å². The molecule has 1 aromatic heterocycles. The number of benzene rings is 1. The molecule has 0 aliphatic heterocycles. The smallest absolute Gasteiger partial charge is 0.261 e. The molecule has 1 heterocycles. The summed E-state index contributed by atoms with van der Waals surface area (Å²) >= 11 is 1.08. The first-order valence-corrected chi connectivity index (χ1v) is 10.6. The number of amides is 1. The van der Waals surface area contributed by atoms with Gasteiger partial charge in [0, 0.05) is 0 Å². The molecule has 1 atom stereocenters. The molecule has 1 aromatic carbocycles. The molecule has 2 aliphatic rings. The lowest BCUT2D eigenvalue weighted by molar-refractivity contribution is 0.0941. The first kappa shape index (κ1) is 15.8. The van der Waals surface area contributed by atoms with E-state index in [4.69, 9.17) is 0 Å². The van der Waals surface area contributed by atoms with Crippen molar-refractivity contribution in [2.24, 2.45) is 0 Å². The van der Waals surface area contributed by atoms with Gasteiger partial charge in [-0.15, -0.1) is 11.3 Å². The van der Waals surface area contributed by atoms with Gasteiger partial charge in [-0.2, -0.15) is 0 Å². The fraction of sp³-hybridized carbons (Fsp3) is 0.389. The summed E-state index contributed by atoms with van der Waals surface area (Å²) in [5.74, 6) is -0.185. The van der Waals surface area contributed by atoms with Gasteiger partial charge in [0.15, 0.2) is 9.84 Å². The van der Waals surface area contributed by atoms with E-state index in [0.717, 1.165) is 37.0 Å². The minimum absolute atomic E-state index is 0.0127. The maximum Gasteiger partial charge on any atom is 0.261 e. The fourth-order valence-corrected chi connectivity index (χ4v) is 6.39. The summed E-state index contributed by atoms with van der Waals surface area (Å²) in [6, 6.07) is 9.53. The van der Waals surface area contributed by atoms with Crippen LogP contribution in [-0.4, -0.2) is 19.6 Å². The van der Waals surface area contributed by atoms with E-state index in [1.54, 1.807) is 12.1 Å². The molecule has 24 heavy (non-hydrogen) atoms. The minimum Gasteiger partial charge on any atom is -0.345 e. The van der Waals surface area contributed by atoms with Crippen LogP contribution < -0.4 is 5.32 Å². The number of carbonyl (C=O) groups is 1. The topological polar surface area (TPSA) is 63.2 Å². The molecule has 4 rings (SSSR count). The maximum absolute atomic E-state index is 12.5. The number of carbonyl (C=O) groups excluding carboxylic acids is 1. The minimum atomic E-state index is -3.22. The van der Waals surface area contributed by atoms with Crippen LogP contribution in [0.25, 0.3) is 0 Å². The van der Waals surface area contributed by atoms with Gasteiger partial charge in [-0.25, -0.2) is 8.42 Å². The van der Waals surface area contributed by atoms with Gasteiger partial charge in [0.2, 0.25) is 0 Å². The Kier molecular flexibility index (Phi) is 3.77. The zero-order chi connectivity index (χ0) is 16.9. The molecule has 2 aliphatic carbocycles. The third-order valence-electron chi connectivity index (χ3n) is 4.73. The quantitative estimate of drug-likeness (QED) is 0.908. The molecule has 0 spiro atoms. The third kappa shape index (κ3) is 2.78. The highest BCUT2D eigenvalue weighted by Gasteiger charge is 2.38. The van der Waals surface area contributed by atoms with Crippen LogP contribution in [0.5, 0.6) is 0 Å². The number of hydrogen-bond donors (Lipinski definition) is 1. The Morgan fingerprint density at radius 1 is 1.17 bits per heavy atom. The van der Waals surface area contributed by atoms with Gasteiger partial charge >= 0.3 is 0 Å². The van der Waals surface area contributed by atoms with Crippen molar-refractivity contribution >= 4 is 27.1 Å². The third-order valence-corrected chi connectivity index (χ3v) is 8.60. The van der Waals surface area contributed by atoms with Crippen molar-refractivity contribution in [3.05, 3.63) is 51.9 Å². The molecule has 1 saturated carbocycles. The van der Waals surface area contributed by atoms with E-state index in [1.807, 2.05) is 0 Å². The van der Waals surface area contributed by atoms with E-state index in [1.165, 1.54) is 16.7 Å². The van der Waals surface area contributed by atoms with Crippen molar-refractivity contribution in [2.45, 2.75) is 48.1 Å².